The molecule has 1 amide bonds. The fraction of sp³-hybridized carbons (Fsp3) is 0.0909. The van der Waals surface area contributed by atoms with Crippen molar-refractivity contribution < 1.29 is 9.18 Å². The van der Waals surface area contributed by atoms with Gasteiger partial charge in [0.15, 0.2) is 11.6 Å². The van der Waals surface area contributed by atoms with Crippen molar-refractivity contribution in [3.63, 3.8) is 0 Å². The topological polar surface area (TPSA) is 91.2 Å². The molecular weight excluding hydrogens is 433 g/mol. The Morgan fingerprint density at radius 3 is 2.94 bits per heavy atom. The maximum Gasteiger partial charge on any atom is 0.212 e. The van der Waals surface area contributed by atoms with Crippen LogP contribution in [0.15, 0.2) is 55.2 Å². The maximum atomic E-state index is 15.6. The number of fused-ring (bicyclic) bond motifs is 2. The largest absolute Gasteiger partial charge is 0.366 e. The van der Waals surface area contributed by atoms with Crippen LogP contribution in [0.25, 0.3) is 27.7 Å². The lowest BCUT2D eigenvalue weighted by atomic mass is 10.0. The van der Waals surface area contributed by atoms with Crippen LogP contribution in [0.3, 0.4) is 0 Å². The van der Waals surface area contributed by atoms with E-state index in [1.165, 1.54) is 0 Å². The van der Waals surface area contributed by atoms with Crippen molar-refractivity contribution in [2.75, 3.05) is 17.3 Å². The molecule has 0 unspecified atom stereocenters. The summed E-state index contributed by atoms with van der Waals surface area (Å²) in [6.45, 7) is 0.446. The van der Waals surface area contributed by atoms with Crippen molar-refractivity contribution in [1.82, 2.24) is 24.6 Å². The number of aromatic nitrogens is 5. The molecule has 0 bridgehead atoms. The van der Waals surface area contributed by atoms with Crippen LogP contribution < -0.4 is 10.2 Å². The first kappa shape index (κ1) is 20.0. The summed E-state index contributed by atoms with van der Waals surface area (Å²) in [6, 6.07) is 7.34. The number of rotatable bonds is 6. The molecule has 0 fully saturated rings. The molecule has 10 heteroatoms. The number of anilines is 2. The van der Waals surface area contributed by atoms with Crippen molar-refractivity contribution in [3.8, 4) is 11.1 Å². The van der Waals surface area contributed by atoms with Gasteiger partial charge in [-0.05, 0) is 23.8 Å². The molecule has 0 spiro atoms. The van der Waals surface area contributed by atoms with E-state index in [1.807, 2.05) is 12.1 Å². The Labute approximate surface area is 186 Å². The Hall–Kier alpha value is -3.98. The van der Waals surface area contributed by atoms with Gasteiger partial charge in [0.1, 0.15) is 11.3 Å². The van der Waals surface area contributed by atoms with E-state index in [0.29, 0.717) is 52.1 Å². The summed E-state index contributed by atoms with van der Waals surface area (Å²) in [5.74, 6) is -0.130. The van der Waals surface area contributed by atoms with E-state index in [-0.39, 0.29) is 5.02 Å². The molecule has 0 radical (unpaired) electrons. The van der Waals surface area contributed by atoms with Crippen molar-refractivity contribution in [3.05, 3.63) is 71.7 Å². The Morgan fingerprint density at radius 1 is 1.28 bits per heavy atom. The quantitative estimate of drug-likeness (QED) is 0.378. The van der Waals surface area contributed by atoms with E-state index in [9.17, 15) is 4.79 Å². The molecule has 0 aliphatic heterocycles. The number of hydrogen-bond donors (Lipinski definition) is 2. The summed E-state index contributed by atoms with van der Waals surface area (Å²) < 4.78 is 17.4. The predicted molar refractivity (Wildman–Crippen MR) is 121 cm³/mol. The van der Waals surface area contributed by atoms with Crippen molar-refractivity contribution in [2.45, 2.75) is 6.54 Å². The average molecular weight is 450 g/mol. The van der Waals surface area contributed by atoms with Crippen LogP contribution in [0.5, 0.6) is 0 Å². The Balaban J connectivity index is 1.63. The predicted octanol–water partition coefficient (Wildman–Crippen LogP) is 4.27. The standard InChI is InChI=1S/C22H17ClFN7O/c1-30(9-13-3-2-6-25-7-13)22-20(24)19(23)18(15-8-27-29-21(15)22)14-4-5-17-28-16(26-12-32)11-31(17)10-14/h2-8,10-12H,9H2,1H3,(H,26,32)(H,27,29). The van der Waals surface area contributed by atoms with Gasteiger partial charge < -0.3 is 14.6 Å². The minimum atomic E-state index is -0.543. The molecule has 4 aromatic heterocycles. The van der Waals surface area contributed by atoms with Crippen molar-refractivity contribution in [1.29, 1.82) is 0 Å². The van der Waals surface area contributed by atoms with Crippen LogP contribution in [-0.2, 0) is 11.3 Å². The zero-order valence-electron chi connectivity index (χ0n) is 16.9. The van der Waals surface area contributed by atoms with Gasteiger partial charge in [0.05, 0.1) is 22.9 Å². The first-order valence-corrected chi connectivity index (χ1v) is 10.1. The van der Waals surface area contributed by atoms with E-state index < -0.39 is 5.82 Å². The molecule has 5 rings (SSSR count). The normalized spacial score (nSPS) is 11.2. The molecule has 8 nitrogen and oxygen atoms in total. The molecule has 0 aliphatic carbocycles. The Kier molecular flexibility index (Phi) is 4.95. The summed E-state index contributed by atoms with van der Waals surface area (Å²) in [5, 5.41) is 10.3. The van der Waals surface area contributed by atoms with E-state index in [1.54, 1.807) is 59.5 Å². The van der Waals surface area contributed by atoms with Gasteiger partial charge in [0.2, 0.25) is 6.41 Å². The Bertz CT molecular complexity index is 1450. The first-order chi connectivity index (χ1) is 15.6. The van der Waals surface area contributed by atoms with Gasteiger partial charge in [-0.2, -0.15) is 5.10 Å². The van der Waals surface area contributed by atoms with Crippen molar-refractivity contribution in [2.24, 2.45) is 0 Å². The summed E-state index contributed by atoms with van der Waals surface area (Å²) in [7, 11) is 1.79. The second-order valence-electron chi connectivity index (χ2n) is 7.30. The molecular formula is C22H17ClFN7O. The monoisotopic (exact) mass is 449 g/mol. The van der Waals surface area contributed by atoms with E-state index in [0.717, 1.165) is 5.56 Å². The molecule has 0 saturated heterocycles. The minimum Gasteiger partial charge on any atom is -0.366 e. The minimum absolute atomic E-state index is 0.00218. The molecule has 160 valence electrons. The van der Waals surface area contributed by atoms with Crippen molar-refractivity contribution >= 4 is 46.1 Å². The number of carbonyl (C=O) groups is 1. The summed E-state index contributed by atoms with van der Waals surface area (Å²) in [5.41, 5.74) is 3.65. The highest BCUT2D eigenvalue weighted by molar-refractivity contribution is 6.36. The van der Waals surface area contributed by atoms with E-state index in [4.69, 9.17) is 11.6 Å². The number of carbonyl (C=O) groups excluding carboxylic acids is 1. The number of hydrogen-bond acceptors (Lipinski definition) is 5. The molecule has 0 saturated carbocycles. The van der Waals surface area contributed by atoms with E-state index >= 15 is 4.39 Å². The highest BCUT2D eigenvalue weighted by atomic mass is 35.5. The smallest absolute Gasteiger partial charge is 0.212 e. The summed E-state index contributed by atoms with van der Waals surface area (Å²) in [6.07, 6.45) is 9.07. The highest BCUT2D eigenvalue weighted by Gasteiger charge is 2.24. The van der Waals surface area contributed by atoms with E-state index in [2.05, 4.69) is 25.5 Å². The zero-order chi connectivity index (χ0) is 22.2. The van der Waals surface area contributed by atoms with Gasteiger partial charge in [-0.1, -0.05) is 17.7 Å². The number of nitrogens with one attached hydrogen (secondary N) is 2. The zero-order valence-corrected chi connectivity index (χ0v) is 17.6. The SMILES string of the molecule is CN(Cc1cccnc1)c1c(F)c(Cl)c(-c2ccc3nc(NC=O)cn3c2)c2cn[nH]c12. The number of pyridine rings is 2. The van der Waals surface area contributed by atoms with Gasteiger partial charge in [-0.25, -0.2) is 9.37 Å². The molecule has 1 aromatic carbocycles. The molecule has 0 aliphatic rings. The van der Waals surface area contributed by atoms with Crippen LogP contribution in [-0.4, -0.2) is 38.0 Å². The molecule has 4 heterocycles. The Morgan fingerprint density at radius 2 is 2.16 bits per heavy atom. The van der Waals surface area contributed by atoms with Crippen LogP contribution in [0.4, 0.5) is 15.9 Å². The third-order valence-electron chi connectivity index (χ3n) is 5.24. The fourth-order valence-electron chi connectivity index (χ4n) is 3.85. The number of halogens is 2. The fourth-order valence-corrected chi connectivity index (χ4v) is 4.15. The summed E-state index contributed by atoms with van der Waals surface area (Å²) >= 11 is 6.58. The van der Waals surface area contributed by atoms with Crippen LogP contribution in [0.1, 0.15) is 5.56 Å². The van der Waals surface area contributed by atoms with Gasteiger partial charge in [0, 0.05) is 48.7 Å². The highest BCUT2D eigenvalue weighted by Crippen LogP contribution is 2.42. The lowest BCUT2D eigenvalue weighted by molar-refractivity contribution is -0.105. The third-order valence-corrected chi connectivity index (χ3v) is 5.59. The molecule has 2 N–H and O–H groups in total. The summed E-state index contributed by atoms with van der Waals surface area (Å²) in [4.78, 5) is 20.9. The number of aromatic amines is 1. The first-order valence-electron chi connectivity index (χ1n) is 9.70. The van der Waals surface area contributed by atoms with Crippen LogP contribution >= 0.6 is 11.6 Å². The lowest BCUT2D eigenvalue weighted by Crippen LogP contribution is -2.18. The second kappa shape index (κ2) is 7.93. The molecule has 5 aromatic rings. The van der Waals surface area contributed by atoms with Gasteiger partial charge in [-0.3, -0.25) is 14.9 Å². The van der Waals surface area contributed by atoms with Gasteiger partial charge >= 0.3 is 0 Å². The number of nitrogens with zero attached hydrogens (tertiary/aromatic N) is 5. The second-order valence-corrected chi connectivity index (χ2v) is 7.68. The lowest BCUT2D eigenvalue weighted by Gasteiger charge is -2.22. The number of benzene rings is 1. The number of H-pyrrole nitrogens is 1. The molecule has 0 atom stereocenters. The maximum absolute atomic E-state index is 15.6. The number of amides is 1. The number of imidazole rings is 1. The average Bonchev–Trinajstić information content (AvgIpc) is 3.41. The third kappa shape index (κ3) is 3.32. The molecule has 32 heavy (non-hydrogen) atoms. The van der Waals surface area contributed by atoms with Gasteiger partial charge in [0.25, 0.3) is 0 Å². The van der Waals surface area contributed by atoms with Crippen LogP contribution in [0.2, 0.25) is 5.02 Å². The van der Waals surface area contributed by atoms with Gasteiger partial charge in [-0.15, -0.1) is 0 Å². The van der Waals surface area contributed by atoms with Crippen LogP contribution in [0, 0.1) is 5.82 Å².